The first-order valence-electron chi connectivity index (χ1n) is 42.1. The number of aromatic nitrogens is 2. The number of carbonyl (C=O) groups excluding carboxylic acids is 16. The Hall–Kier alpha value is -11.9. The Morgan fingerprint density at radius 3 is 1.23 bits per heavy atom. The summed E-state index contributed by atoms with van der Waals surface area (Å²) in [5, 5.41) is 66.2. The maximum Gasteiger partial charge on any atom is 0.326 e. The fourth-order valence-electron chi connectivity index (χ4n) is 12.7. The third kappa shape index (κ3) is 39.5. The van der Waals surface area contributed by atoms with E-state index in [1.165, 1.54) is 45.1 Å². The SMILES string of the molecule is CC[C@H](C)[C@@H](NC(=O)[C@H](Cc1ccccc1)NC(=O)[C@@H](NC(=O)[C@H](C)NC(=O)[C@H](CCSC)NC(=O)[C@H](CCC(N)=O)NC(=O)[C@@H](NC(=O)[C@H](C)NC(=O)[C@@H](N)[C@@H](C)O)C(C)C)C(C)C)C(=O)N[C@@H](Cc1cnc[nH]1)C(=O)N[C@@H](CC(N)=O)C(=O)N[C@@H](Cc1ccccc1)C(=O)N[C@@H](CCCCN)C(=O)N[C@@H](CCCNC(=N)N)C(=O)N[C@@H](CCCCN)C(=O)O. The third-order valence-electron chi connectivity index (χ3n) is 20.4. The number of H-pyrrole nitrogens is 1. The molecule has 0 aliphatic rings. The lowest BCUT2D eigenvalue weighted by Crippen LogP contribution is -2.62. The van der Waals surface area contributed by atoms with Crippen molar-refractivity contribution in [3.8, 4) is 0 Å². The maximum absolute atomic E-state index is 15.0. The minimum atomic E-state index is -1.88. The molecule has 0 aliphatic carbocycles. The Balaban J connectivity index is 1.98. The van der Waals surface area contributed by atoms with E-state index in [-0.39, 0.29) is 108 Å². The van der Waals surface area contributed by atoms with E-state index in [4.69, 9.17) is 39.8 Å². The molecule has 0 saturated carbocycles. The molecule has 44 heteroatoms. The molecule has 0 fully saturated rings. The van der Waals surface area contributed by atoms with Crippen molar-refractivity contribution < 1.29 is 91.7 Å². The predicted octanol–water partition coefficient (Wildman–Crippen LogP) is -5.17. The number of aliphatic hydroxyl groups is 1. The van der Waals surface area contributed by atoms with Crippen molar-refractivity contribution >= 4 is 118 Å². The standard InChI is InChI=1S/C82H132N24O19S/c1-11-45(6)66(106-76(119)58(38-50-25-16-13-17-26-50)102-79(122)65(44(4)5)105-67(110)46(7)93-69(112)55(32-36-126-10)97-72(115)54(30-31-61(85)108)98-78(121)64(43(2)3)104-68(111)47(8)94-77(120)63(87)48(9)107)80(123)103-59(39-51-41-90-42-92-51)74(117)101-60(40-62(86)109)75(118)100-57(37-49-23-14-12-15-24-49)73(116)96-52(27-18-20-33-83)70(113)95-53(29-22-35-91-82(88)89)71(114)99-56(81(124)125)28-19-21-34-84/h12-17,23-26,41-48,52-60,63-66,107H,11,18-22,27-40,83-84,87H2,1-10H3,(H2,85,108)(H2,86,109)(H,90,92)(H,93,112)(H,94,120)(H,95,113)(H,96,116)(H,97,115)(H,98,121)(H,99,114)(H,100,118)(H,101,117)(H,102,122)(H,103,123)(H,104,111)(H,105,110)(H,106,119)(H,124,125)(H4,88,89,91)/t45-,46-,47-,48+,52-,53-,54-,55-,56-,57-,58-,59-,60-,63-,64-,65-,66+/m0/s1. The molecule has 0 spiro atoms. The van der Waals surface area contributed by atoms with Gasteiger partial charge in [-0.3, -0.25) is 82.1 Å². The van der Waals surface area contributed by atoms with Crippen molar-refractivity contribution in [3.05, 3.63) is 90.0 Å². The molecular weight excluding hydrogens is 1660 g/mol. The number of nitrogens with one attached hydrogen (secondary N) is 17. The van der Waals surface area contributed by atoms with Gasteiger partial charge in [0.25, 0.3) is 0 Å². The first-order valence-corrected chi connectivity index (χ1v) is 43.5. The number of thioether (sulfide) groups is 1. The number of primary amides is 2. The lowest BCUT2D eigenvalue weighted by Gasteiger charge is -2.30. The number of imidazole rings is 1. The summed E-state index contributed by atoms with van der Waals surface area (Å²) in [4.78, 5) is 244. The van der Waals surface area contributed by atoms with Crippen LogP contribution in [0.25, 0.3) is 0 Å². The van der Waals surface area contributed by atoms with Crippen LogP contribution in [-0.4, -0.2) is 255 Å². The van der Waals surface area contributed by atoms with Crippen molar-refractivity contribution in [3.63, 3.8) is 0 Å². The molecule has 0 radical (unpaired) electrons. The summed E-state index contributed by atoms with van der Waals surface area (Å²) in [5.74, 6) is -18.5. The van der Waals surface area contributed by atoms with Crippen LogP contribution in [0.5, 0.6) is 0 Å². The Morgan fingerprint density at radius 2 is 0.810 bits per heavy atom. The number of rotatable bonds is 60. The second kappa shape index (κ2) is 56.9. The monoisotopic (exact) mass is 1790 g/mol. The summed E-state index contributed by atoms with van der Waals surface area (Å²) >= 11 is 1.30. The zero-order valence-electron chi connectivity index (χ0n) is 73.2. The number of carboxylic acid groups (broad SMARTS) is 1. The Bertz CT molecular complexity index is 4080. The van der Waals surface area contributed by atoms with Gasteiger partial charge in [-0.25, -0.2) is 9.78 Å². The van der Waals surface area contributed by atoms with Crippen LogP contribution in [0.2, 0.25) is 0 Å². The first-order chi connectivity index (χ1) is 59.5. The van der Waals surface area contributed by atoms with Crippen LogP contribution in [-0.2, 0) is 101 Å². The molecule has 3 aromatic rings. The number of aromatic amines is 1. The molecule has 126 heavy (non-hydrogen) atoms. The smallest absolute Gasteiger partial charge is 0.326 e. The van der Waals surface area contributed by atoms with Gasteiger partial charge in [0.05, 0.1) is 18.9 Å². The third-order valence-corrected chi connectivity index (χ3v) is 21.1. The molecular formula is C82H132N24O19S. The summed E-state index contributed by atoms with van der Waals surface area (Å²) < 4.78 is 0. The molecule has 31 N–H and O–H groups in total. The molecule has 43 nitrogen and oxygen atoms in total. The van der Waals surface area contributed by atoms with Crippen molar-refractivity contribution in [2.24, 2.45) is 52.2 Å². The Kier molecular flexibility index (Phi) is 48.9. The number of nitrogens with zero attached hydrogens (tertiary/aromatic N) is 1. The van der Waals surface area contributed by atoms with Crippen LogP contribution >= 0.6 is 11.8 Å². The second-order valence-corrected chi connectivity index (χ2v) is 32.6. The highest BCUT2D eigenvalue weighted by atomic mass is 32.2. The largest absolute Gasteiger partial charge is 0.480 e. The molecule has 0 aliphatic heterocycles. The maximum atomic E-state index is 15.0. The number of carbonyl (C=O) groups is 17. The number of aliphatic hydroxyl groups excluding tert-OH is 1. The number of nitrogens with two attached hydrogens (primary N) is 6. The van der Waals surface area contributed by atoms with E-state index in [0.29, 0.717) is 30.4 Å². The normalized spacial score (nSPS) is 15.2. The van der Waals surface area contributed by atoms with Gasteiger partial charge < -0.3 is 129 Å². The first kappa shape index (κ1) is 108. The molecule has 2 aromatic carbocycles. The van der Waals surface area contributed by atoms with Crippen molar-refractivity contribution in [1.82, 2.24) is 89.7 Å². The Morgan fingerprint density at radius 1 is 0.437 bits per heavy atom. The van der Waals surface area contributed by atoms with E-state index in [9.17, 15) is 82.1 Å². The van der Waals surface area contributed by atoms with Gasteiger partial charge in [0.1, 0.15) is 90.6 Å². The van der Waals surface area contributed by atoms with Crippen molar-refractivity contribution in [1.29, 1.82) is 5.41 Å². The van der Waals surface area contributed by atoms with Crippen LogP contribution in [0, 0.1) is 23.2 Å². The van der Waals surface area contributed by atoms with Crippen LogP contribution < -0.4 is 114 Å². The predicted molar refractivity (Wildman–Crippen MR) is 468 cm³/mol. The number of aliphatic carboxylic acids is 1. The lowest BCUT2D eigenvalue weighted by atomic mass is 9.96. The summed E-state index contributed by atoms with van der Waals surface area (Å²) in [6.45, 7) is 14.1. The molecule has 0 saturated heterocycles. The van der Waals surface area contributed by atoms with Gasteiger partial charge in [-0.15, -0.1) is 0 Å². The van der Waals surface area contributed by atoms with Gasteiger partial charge >= 0.3 is 5.97 Å². The van der Waals surface area contributed by atoms with Gasteiger partial charge in [0, 0.05) is 44.1 Å². The average molecular weight is 1790 g/mol. The summed E-state index contributed by atoms with van der Waals surface area (Å²) in [7, 11) is 0. The van der Waals surface area contributed by atoms with Crippen LogP contribution in [0.1, 0.15) is 163 Å². The number of guanidine groups is 1. The second-order valence-electron chi connectivity index (χ2n) is 31.6. The van der Waals surface area contributed by atoms with E-state index < -0.39 is 228 Å². The molecule has 0 unspecified atom stereocenters. The van der Waals surface area contributed by atoms with E-state index >= 15 is 9.59 Å². The summed E-state index contributed by atoms with van der Waals surface area (Å²) in [5.41, 5.74) is 35.1. The van der Waals surface area contributed by atoms with Gasteiger partial charge in [0.2, 0.25) is 94.5 Å². The van der Waals surface area contributed by atoms with E-state index in [2.05, 4.69) is 89.7 Å². The molecule has 700 valence electrons. The summed E-state index contributed by atoms with van der Waals surface area (Å²) in [6.07, 6.45) is 2.20. The number of hydrogen-bond donors (Lipinski definition) is 25. The fourth-order valence-corrected chi connectivity index (χ4v) is 13.2. The van der Waals surface area contributed by atoms with Crippen LogP contribution in [0.4, 0.5) is 0 Å². The molecule has 17 atom stereocenters. The van der Waals surface area contributed by atoms with Gasteiger partial charge in [-0.05, 0) is 139 Å². The zero-order chi connectivity index (χ0) is 94.4. The Labute approximate surface area is 737 Å². The zero-order valence-corrected chi connectivity index (χ0v) is 74.0. The molecule has 1 heterocycles. The minimum absolute atomic E-state index is 0.0155. The fraction of sp³-hybridized carbons (Fsp3) is 0.598. The van der Waals surface area contributed by atoms with Gasteiger partial charge in [-0.2, -0.15) is 11.8 Å². The van der Waals surface area contributed by atoms with Gasteiger partial charge in [-0.1, -0.05) is 109 Å². The van der Waals surface area contributed by atoms with E-state index in [1.54, 1.807) is 108 Å². The van der Waals surface area contributed by atoms with Gasteiger partial charge in [0.15, 0.2) is 5.96 Å². The van der Waals surface area contributed by atoms with E-state index in [1.807, 2.05) is 0 Å². The summed E-state index contributed by atoms with van der Waals surface area (Å²) in [6, 6.07) is -5.38. The number of benzene rings is 2. The molecule has 1 aromatic heterocycles. The van der Waals surface area contributed by atoms with E-state index in [0.717, 1.165) is 0 Å². The highest BCUT2D eigenvalue weighted by Gasteiger charge is 2.40. The lowest BCUT2D eigenvalue weighted by molar-refractivity contribution is -0.142. The number of unbranched alkanes of at least 4 members (excludes halogenated alkanes) is 2. The quantitative estimate of drug-likeness (QED) is 0.0143. The molecule has 16 amide bonds. The number of carboxylic acids is 1. The molecule has 0 bridgehead atoms. The highest BCUT2D eigenvalue weighted by molar-refractivity contribution is 7.98. The minimum Gasteiger partial charge on any atom is -0.480 e. The number of amides is 16. The average Bonchev–Trinajstić information content (AvgIpc) is 0.970. The highest BCUT2D eigenvalue weighted by Crippen LogP contribution is 2.17. The topological polar surface area (TPSA) is 720 Å². The number of hydrogen-bond acceptors (Lipinski definition) is 24. The van der Waals surface area contributed by atoms with Crippen molar-refractivity contribution in [2.75, 3.05) is 31.6 Å². The van der Waals surface area contributed by atoms with Crippen LogP contribution in [0.3, 0.4) is 0 Å². The van der Waals surface area contributed by atoms with Crippen LogP contribution in [0.15, 0.2) is 73.2 Å². The molecule has 3 rings (SSSR count). The van der Waals surface area contributed by atoms with Crippen molar-refractivity contribution in [2.45, 2.75) is 262 Å².